The van der Waals surface area contributed by atoms with Crippen molar-refractivity contribution in [1.29, 1.82) is 0 Å². The van der Waals surface area contributed by atoms with E-state index in [9.17, 15) is 14.4 Å². The van der Waals surface area contributed by atoms with E-state index >= 15 is 0 Å². The summed E-state index contributed by atoms with van der Waals surface area (Å²) < 4.78 is 0. The fourth-order valence-corrected chi connectivity index (χ4v) is 0.882. The first-order valence-corrected chi connectivity index (χ1v) is 6.02. The summed E-state index contributed by atoms with van der Waals surface area (Å²) in [4.78, 5) is 30.1. The number of carbonyl (C=O) groups excluding carboxylic acids is 3. The first-order chi connectivity index (χ1) is 9.38. The fourth-order valence-electron chi connectivity index (χ4n) is 0.882. The van der Waals surface area contributed by atoms with Gasteiger partial charge in [0.05, 0.1) is 17.3 Å². The maximum absolute atomic E-state index is 10.0. The predicted octanol–water partition coefficient (Wildman–Crippen LogP) is 2.29. The standard InChI is InChI=1S/3C5H8O2.Lu.H2O/c3*1-4(6)3-5(2)7;;/h3*3,6H,1-2H3;;1H2/b3*4-3-;;. The Hall–Kier alpha value is -1.18. The Bertz CT molecular complexity index is 370. The van der Waals surface area contributed by atoms with E-state index in [1.165, 1.54) is 59.8 Å². The van der Waals surface area contributed by atoms with Crippen molar-refractivity contribution in [3.05, 3.63) is 35.5 Å². The van der Waals surface area contributed by atoms with E-state index in [0.717, 1.165) is 0 Å². The molecular weight excluding hydrogens is 467 g/mol. The molecule has 0 amide bonds. The van der Waals surface area contributed by atoms with Gasteiger partial charge in [-0.05, 0) is 41.5 Å². The molecule has 0 aromatic heterocycles. The molecular formula is C15H26LuO7. The van der Waals surface area contributed by atoms with Crippen molar-refractivity contribution in [3.63, 3.8) is 0 Å². The number of carbonyl (C=O) groups is 3. The Morgan fingerprint density at radius 1 is 0.565 bits per heavy atom. The molecule has 0 fully saturated rings. The van der Waals surface area contributed by atoms with Gasteiger partial charge in [-0.15, -0.1) is 0 Å². The summed E-state index contributed by atoms with van der Waals surface area (Å²) >= 11 is 0. The Balaban J connectivity index is -0.0000000675. The van der Waals surface area contributed by atoms with Gasteiger partial charge < -0.3 is 20.8 Å². The molecule has 0 heterocycles. The fraction of sp³-hybridized carbons (Fsp3) is 0.400. The number of hydrogen-bond donors (Lipinski definition) is 3. The topological polar surface area (TPSA) is 143 Å². The molecule has 1 radical (unpaired) electrons. The second kappa shape index (κ2) is 20.8. The molecule has 0 bridgehead atoms. The quantitative estimate of drug-likeness (QED) is 0.407. The molecule has 0 spiro atoms. The zero-order chi connectivity index (χ0) is 17.6. The van der Waals surface area contributed by atoms with Gasteiger partial charge in [0.2, 0.25) is 0 Å². The number of aliphatic hydroxyl groups is 3. The average Bonchev–Trinajstić information content (AvgIpc) is 2.10. The van der Waals surface area contributed by atoms with E-state index in [1.807, 2.05) is 0 Å². The Labute approximate surface area is 165 Å². The molecule has 7 nitrogen and oxygen atoms in total. The van der Waals surface area contributed by atoms with E-state index in [-0.39, 0.29) is 77.0 Å². The van der Waals surface area contributed by atoms with Gasteiger partial charge in [0.25, 0.3) is 0 Å². The zero-order valence-electron chi connectivity index (χ0n) is 14.1. The summed E-state index contributed by atoms with van der Waals surface area (Å²) in [6.07, 6.45) is 3.50. The van der Waals surface area contributed by atoms with Crippen molar-refractivity contribution in [2.75, 3.05) is 0 Å². The van der Waals surface area contributed by atoms with Crippen molar-refractivity contribution in [2.45, 2.75) is 41.5 Å². The third-order valence-electron chi connectivity index (χ3n) is 1.24. The Morgan fingerprint density at radius 3 is 0.696 bits per heavy atom. The van der Waals surface area contributed by atoms with Gasteiger partial charge >= 0.3 is 0 Å². The van der Waals surface area contributed by atoms with E-state index in [4.69, 9.17) is 15.3 Å². The third kappa shape index (κ3) is 63.0. The minimum Gasteiger partial charge on any atom is -0.512 e. The molecule has 0 aliphatic rings. The van der Waals surface area contributed by atoms with Gasteiger partial charge in [-0.1, -0.05) is 0 Å². The van der Waals surface area contributed by atoms with Crippen LogP contribution in [0.5, 0.6) is 0 Å². The molecule has 0 aromatic rings. The first-order valence-electron chi connectivity index (χ1n) is 6.02. The predicted molar refractivity (Wildman–Crippen MR) is 84.8 cm³/mol. The van der Waals surface area contributed by atoms with Gasteiger partial charge in [0, 0.05) is 55.1 Å². The van der Waals surface area contributed by atoms with Crippen LogP contribution in [0.4, 0.5) is 0 Å². The molecule has 0 saturated carbocycles. The normalized spacial score (nSPS) is 10.4. The minimum atomic E-state index is -0.125. The van der Waals surface area contributed by atoms with Crippen molar-refractivity contribution in [2.24, 2.45) is 0 Å². The van der Waals surface area contributed by atoms with Gasteiger partial charge in [-0.25, -0.2) is 0 Å². The zero-order valence-corrected chi connectivity index (χ0v) is 15.7. The summed E-state index contributed by atoms with van der Waals surface area (Å²) in [5, 5.41) is 25.1. The van der Waals surface area contributed by atoms with Gasteiger partial charge in [0.1, 0.15) is 0 Å². The number of rotatable bonds is 3. The summed E-state index contributed by atoms with van der Waals surface area (Å²) in [7, 11) is 0. The second-order valence-electron chi connectivity index (χ2n) is 4.19. The van der Waals surface area contributed by atoms with Crippen LogP contribution in [-0.4, -0.2) is 38.1 Å². The molecule has 23 heavy (non-hydrogen) atoms. The largest absolute Gasteiger partial charge is 0.512 e. The molecule has 0 aliphatic carbocycles. The van der Waals surface area contributed by atoms with Crippen molar-refractivity contribution in [1.82, 2.24) is 0 Å². The molecule has 0 aromatic carbocycles. The molecule has 0 aliphatic heterocycles. The molecule has 5 N–H and O–H groups in total. The van der Waals surface area contributed by atoms with Crippen molar-refractivity contribution < 1.29 is 72.1 Å². The van der Waals surface area contributed by atoms with Crippen LogP contribution in [-0.2, 0) is 14.4 Å². The van der Waals surface area contributed by atoms with Crippen molar-refractivity contribution >= 4 is 17.3 Å². The smallest absolute Gasteiger partial charge is 0.155 e. The third-order valence-corrected chi connectivity index (χ3v) is 1.24. The van der Waals surface area contributed by atoms with Gasteiger partial charge in [-0.2, -0.15) is 0 Å². The van der Waals surface area contributed by atoms with E-state index in [0.29, 0.717) is 0 Å². The second-order valence-corrected chi connectivity index (χ2v) is 4.19. The van der Waals surface area contributed by atoms with E-state index in [1.54, 1.807) is 0 Å². The van der Waals surface area contributed by atoms with Crippen LogP contribution in [0.25, 0.3) is 0 Å². The summed E-state index contributed by atoms with van der Waals surface area (Å²) in [5.41, 5.74) is 0. The van der Waals surface area contributed by atoms with Crippen LogP contribution < -0.4 is 0 Å². The van der Waals surface area contributed by atoms with Crippen LogP contribution in [0.2, 0.25) is 0 Å². The summed E-state index contributed by atoms with van der Waals surface area (Å²) in [6, 6.07) is 0. The Kier molecular flexibility index (Phi) is 30.3. The minimum absolute atomic E-state index is 0. The maximum Gasteiger partial charge on any atom is 0.155 e. The van der Waals surface area contributed by atoms with Gasteiger partial charge in [-0.3, -0.25) is 14.4 Å². The van der Waals surface area contributed by atoms with Gasteiger partial charge in [0.15, 0.2) is 17.3 Å². The maximum atomic E-state index is 10.0. The molecule has 143 valence electrons. The number of allylic oxidation sites excluding steroid dienone is 6. The van der Waals surface area contributed by atoms with Crippen molar-refractivity contribution in [3.8, 4) is 0 Å². The van der Waals surface area contributed by atoms with E-state index in [2.05, 4.69) is 0 Å². The monoisotopic (exact) mass is 493 g/mol. The van der Waals surface area contributed by atoms with Crippen LogP contribution in [0.15, 0.2) is 35.5 Å². The molecule has 0 unspecified atom stereocenters. The number of ketones is 3. The number of aliphatic hydroxyl groups excluding tert-OH is 3. The number of hydrogen-bond acceptors (Lipinski definition) is 6. The molecule has 0 rings (SSSR count). The molecule has 8 heteroatoms. The SMILES string of the molecule is CC(=O)/C=C(/C)O.CC(=O)/C=C(/C)O.CC(=O)/C=C(/C)O.O.[Lu]. The first kappa shape index (κ1) is 33.4. The van der Waals surface area contributed by atoms with Crippen LogP contribution >= 0.6 is 0 Å². The Morgan fingerprint density at radius 2 is 0.696 bits per heavy atom. The molecule has 0 saturated heterocycles. The summed E-state index contributed by atoms with van der Waals surface area (Å²) in [6.45, 7) is 8.54. The molecule has 0 atom stereocenters. The summed E-state index contributed by atoms with van der Waals surface area (Å²) in [5.74, 6) is -0.187. The van der Waals surface area contributed by atoms with Crippen LogP contribution in [0.1, 0.15) is 41.5 Å². The van der Waals surface area contributed by atoms with E-state index < -0.39 is 0 Å². The average molecular weight is 493 g/mol. The van der Waals surface area contributed by atoms with Crippen LogP contribution in [0, 0.1) is 36.9 Å². The van der Waals surface area contributed by atoms with Crippen LogP contribution in [0.3, 0.4) is 0 Å².